The molecule has 0 saturated heterocycles. The van der Waals surface area contributed by atoms with Gasteiger partial charge in [-0.1, -0.05) is 11.6 Å². The predicted octanol–water partition coefficient (Wildman–Crippen LogP) is 2.19. The minimum atomic E-state index is -0.744. The standard InChI is InChI=1S/C9H11BrClNO2/c1-4(13)8(12)6-2-5(11)3-7(10)9(6)14/h2-4,8,13-14H,12H2,1H3/t4-,8-/m0/s1. The summed E-state index contributed by atoms with van der Waals surface area (Å²) in [5, 5.41) is 19.4. The van der Waals surface area contributed by atoms with Crippen LogP contribution >= 0.6 is 27.5 Å². The van der Waals surface area contributed by atoms with Crippen molar-refractivity contribution in [3.8, 4) is 5.75 Å². The fraction of sp³-hybridized carbons (Fsp3) is 0.333. The van der Waals surface area contributed by atoms with Gasteiger partial charge in [0, 0.05) is 10.6 Å². The molecule has 78 valence electrons. The summed E-state index contributed by atoms with van der Waals surface area (Å²) in [5.41, 5.74) is 6.12. The molecule has 4 N–H and O–H groups in total. The second-order valence-corrected chi connectivity index (χ2v) is 4.38. The van der Waals surface area contributed by atoms with Gasteiger partial charge < -0.3 is 15.9 Å². The molecule has 0 unspecified atom stereocenters. The van der Waals surface area contributed by atoms with Crippen molar-refractivity contribution in [1.82, 2.24) is 0 Å². The zero-order chi connectivity index (χ0) is 10.9. The van der Waals surface area contributed by atoms with Crippen molar-refractivity contribution in [3.05, 3.63) is 27.2 Å². The SMILES string of the molecule is C[C@H](O)[C@H](N)c1cc(Cl)cc(Br)c1O. The molecule has 0 radical (unpaired) electrons. The summed E-state index contributed by atoms with van der Waals surface area (Å²) in [6, 6.07) is 2.46. The fourth-order valence-corrected chi connectivity index (χ4v) is 1.93. The van der Waals surface area contributed by atoms with Gasteiger partial charge in [0.1, 0.15) is 5.75 Å². The van der Waals surface area contributed by atoms with Crippen molar-refractivity contribution < 1.29 is 10.2 Å². The first-order chi connectivity index (χ1) is 6.43. The van der Waals surface area contributed by atoms with Crippen LogP contribution in [-0.2, 0) is 0 Å². The molecule has 0 aliphatic rings. The van der Waals surface area contributed by atoms with E-state index < -0.39 is 12.1 Å². The second kappa shape index (κ2) is 4.49. The molecular weight excluding hydrogens is 269 g/mol. The van der Waals surface area contributed by atoms with Gasteiger partial charge in [0.25, 0.3) is 0 Å². The van der Waals surface area contributed by atoms with Crippen LogP contribution in [0.3, 0.4) is 0 Å². The third-order valence-electron chi connectivity index (χ3n) is 1.94. The quantitative estimate of drug-likeness (QED) is 0.778. The second-order valence-electron chi connectivity index (χ2n) is 3.09. The van der Waals surface area contributed by atoms with Crippen LogP contribution in [0.1, 0.15) is 18.5 Å². The third kappa shape index (κ3) is 2.39. The topological polar surface area (TPSA) is 66.5 Å². The lowest BCUT2D eigenvalue weighted by molar-refractivity contribution is 0.163. The third-order valence-corrected chi connectivity index (χ3v) is 2.76. The van der Waals surface area contributed by atoms with Crippen LogP contribution < -0.4 is 5.73 Å². The summed E-state index contributed by atoms with van der Waals surface area (Å²) < 4.78 is 0.469. The smallest absolute Gasteiger partial charge is 0.134 e. The average Bonchev–Trinajstić information content (AvgIpc) is 2.09. The Hall–Kier alpha value is -0.290. The molecule has 2 atom stereocenters. The highest BCUT2D eigenvalue weighted by Crippen LogP contribution is 2.35. The zero-order valence-corrected chi connectivity index (χ0v) is 9.88. The monoisotopic (exact) mass is 279 g/mol. The summed E-state index contributed by atoms with van der Waals surface area (Å²) in [6.07, 6.45) is -0.744. The minimum Gasteiger partial charge on any atom is -0.506 e. The molecular formula is C9H11BrClNO2. The van der Waals surface area contributed by atoms with Gasteiger partial charge in [-0.2, -0.15) is 0 Å². The Morgan fingerprint density at radius 1 is 1.50 bits per heavy atom. The van der Waals surface area contributed by atoms with Crippen LogP contribution in [0.2, 0.25) is 5.02 Å². The summed E-state index contributed by atoms with van der Waals surface area (Å²) in [5.74, 6) is 0.0165. The van der Waals surface area contributed by atoms with Crippen molar-refractivity contribution in [3.63, 3.8) is 0 Å². The van der Waals surface area contributed by atoms with Crippen molar-refractivity contribution >= 4 is 27.5 Å². The highest BCUT2D eigenvalue weighted by atomic mass is 79.9. The van der Waals surface area contributed by atoms with Gasteiger partial charge in [-0.05, 0) is 35.0 Å². The van der Waals surface area contributed by atoms with E-state index in [4.69, 9.17) is 17.3 Å². The van der Waals surface area contributed by atoms with Gasteiger partial charge in [0.05, 0.1) is 16.6 Å². The van der Waals surface area contributed by atoms with Crippen LogP contribution in [0, 0.1) is 0 Å². The number of aliphatic hydroxyl groups is 1. The van der Waals surface area contributed by atoms with E-state index in [2.05, 4.69) is 15.9 Å². The molecule has 1 rings (SSSR count). The summed E-state index contributed by atoms with van der Waals surface area (Å²) >= 11 is 8.94. The number of hydrogen-bond acceptors (Lipinski definition) is 3. The number of aromatic hydroxyl groups is 1. The lowest BCUT2D eigenvalue weighted by atomic mass is 10.0. The average molecular weight is 281 g/mol. The van der Waals surface area contributed by atoms with Crippen molar-refractivity contribution in [2.45, 2.75) is 19.1 Å². The van der Waals surface area contributed by atoms with Crippen LogP contribution in [0.25, 0.3) is 0 Å². The Morgan fingerprint density at radius 2 is 2.07 bits per heavy atom. The van der Waals surface area contributed by atoms with E-state index in [1.54, 1.807) is 19.1 Å². The lowest BCUT2D eigenvalue weighted by Gasteiger charge is -2.17. The number of hydrogen-bond donors (Lipinski definition) is 3. The zero-order valence-electron chi connectivity index (χ0n) is 7.54. The maximum atomic E-state index is 9.64. The Labute approximate surface area is 95.6 Å². The normalized spacial score (nSPS) is 15.2. The van der Waals surface area contributed by atoms with Gasteiger partial charge in [0.15, 0.2) is 0 Å². The van der Waals surface area contributed by atoms with Gasteiger partial charge in [-0.15, -0.1) is 0 Å². The molecule has 1 aromatic carbocycles. The van der Waals surface area contributed by atoms with E-state index in [9.17, 15) is 10.2 Å². The largest absolute Gasteiger partial charge is 0.506 e. The molecule has 0 aromatic heterocycles. The van der Waals surface area contributed by atoms with Crippen LogP contribution in [0.4, 0.5) is 0 Å². The molecule has 0 bridgehead atoms. The first-order valence-corrected chi connectivity index (χ1v) is 5.22. The van der Waals surface area contributed by atoms with E-state index in [-0.39, 0.29) is 5.75 Å². The van der Waals surface area contributed by atoms with E-state index in [0.717, 1.165) is 0 Å². The van der Waals surface area contributed by atoms with Crippen LogP contribution in [0.15, 0.2) is 16.6 Å². The molecule has 0 aliphatic heterocycles. The molecule has 0 heterocycles. The first-order valence-electron chi connectivity index (χ1n) is 4.05. The number of rotatable bonds is 2. The van der Waals surface area contributed by atoms with E-state index >= 15 is 0 Å². The number of aliphatic hydroxyl groups excluding tert-OH is 1. The van der Waals surface area contributed by atoms with Crippen LogP contribution in [0.5, 0.6) is 5.75 Å². The number of nitrogens with two attached hydrogens (primary N) is 1. The Bertz CT molecular complexity index is 344. The highest BCUT2D eigenvalue weighted by Gasteiger charge is 2.18. The highest BCUT2D eigenvalue weighted by molar-refractivity contribution is 9.10. The maximum Gasteiger partial charge on any atom is 0.134 e. The van der Waals surface area contributed by atoms with Crippen molar-refractivity contribution in [1.29, 1.82) is 0 Å². The van der Waals surface area contributed by atoms with E-state index in [0.29, 0.717) is 15.1 Å². The van der Waals surface area contributed by atoms with Crippen LogP contribution in [-0.4, -0.2) is 16.3 Å². The molecule has 3 nitrogen and oxygen atoms in total. The Balaban J connectivity index is 3.20. The summed E-state index contributed by atoms with van der Waals surface area (Å²) in [6.45, 7) is 1.55. The molecule has 0 amide bonds. The van der Waals surface area contributed by atoms with Gasteiger partial charge in [-0.3, -0.25) is 0 Å². The van der Waals surface area contributed by atoms with Crippen molar-refractivity contribution in [2.24, 2.45) is 5.73 Å². The Morgan fingerprint density at radius 3 is 2.57 bits per heavy atom. The summed E-state index contributed by atoms with van der Waals surface area (Å²) in [4.78, 5) is 0. The van der Waals surface area contributed by atoms with Gasteiger partial charge in [0.2, 0.25) is 0 Å². The Kier molecular flexibility index (Phi) is 3.78. The first kappa shape index (κ1) is 11.8. The molecule has 5 heteroatoms. The number of phenolic OH excluding ortho intramolecular Hbond substituents is 1. The number of halogens is 2. The molecule has 0 saturated carbocycles. The summed E-state index contributed by atoms with van der Waals surface area (Å²) in [7, 11) is 0. The lowest BCUT2D eigenvalue weighted by Crippen LogP contribution is -2.23. The van der Waals surface area contributed by atoms with Gasteiger partial charge >= 0.3 is 0 Å². The van der Waals surface area contributed by atoms with Crippen molar-refractivity contribution in [2.75, 3.05) is 0 Å². The minimum absolute atomic E-state index is 0.0165. The number of phenols is 1. The molecule has 0 aliphatic carbocycles. The predicted molar refractivity (Wildman–Crippen MR) is 59.4 cm³/mol. The van der Waals surface area contributed by atoms with E-state index in [1.165, 1.54) is 0 Å². The molecule has 0 fully saturated rings. The van der Waals surface area contributed by atoms with E-state index in [1.807, 2.05) is 0 Å². The van der Waals surface area contributed by atoms with Gasteiger partial charge in [-0.25, -0.2) is 0 Å². The number of benzene rings is 1. The fourth-order valence-electron chi connectivity index (χ4n) is 1.10. The molecule has 1 aromatic rings. The maximum absolute atomic E-state index is 9.64. The molecule has 0 spiro atoms. The molecule has 14 heavy (non-hydrogen) atoms.